The molecule has 0 radical (unpaired) electrons. The van der Waals surface area contributed by atoms with E-state index in [0.717, 1.165) is 0 Å². The standard InChI is InChI=1S/C11H12N2O3/c12-6-5-9(14)10(15)7-3-1-2-4-8(7)11(13)16/h1-4,9-10,14-15H,5H2,(H2,13,16). The summed E-state index contributed by atoms with van der Waals surface area (Å²) in [6.07, 6.45) is -2.73. The van der Waals surface area contributed by atoms with Crippen molar-refractivity contribution < 1.29 is 15.0 Å². The summed E-state index contributed by atoms with van der Waals surface area (Å²) in [5, 5.41) is 27.6. The number of carbonyl (C=O) groups is 1. The molecule has 0 aliphatic rings. The van der Waals surface area contributed by atoms with Crippen LogP contribution < -0.4 is 5.73 Å². The van der Waals surface area contributed by atoms with Gasteiger partial charge in [0, 0.05) is 5.56 Å². The molecule has 0 fully saturated rings. The number of aliphatic hydroxyl groups is 2. The van der Waals surface area contributed by atoms with Crippen LogP contribution in [0.5, 0.6) is 0 Å². The van der Waals surface area contributed by atoms with E-state index >= 15 is 0 Å². The summed E-state index contributed by atoms with van der Waals surface area (Å²) >= 11 is 0. The molecule has 2 atom stereocenters. The number of benzene rings is 1. The predicted octanol–water partition coefficient (Wildman–Crippen LogP) is 0.0935. The van der Waals surface area contributed by atoms with Crippen LogP contribution in [0.25, 0.3) is 0 Å². The molecule has 0 saturated heterocycles. The normalized spacial score (nSPS) is 13.8. The zero-order chi connectivity index (χ0) is 12.1. The fourth-order valence-corrected chi connectivity index (χ4v) is 1.39. The SMILES string of the molecule is N#CCC(O)C(O)c1ccccc1C(N)=O. The van der Waals surface area contributed by atoms with Gasteiger partial charge in [0.25, 0.3) is 0 Å². The highest BCUT2D eigenvalue weighted by atomic mass is 16.3. The first kappa shape index (κ1) is 12.2. The minimum atomic E-state index is -1.29. The molecule has 1 aromatic rings. The van der Waals surface area contributed by atoms with Crippen LogP contribution in [0.1, 0.15) is 28.4 Å². The van der Waals surface area contributed by atoms with Gasteiger partial charge in [0.2, 0.25) is 5.91 Å². The Morgan fingerprint density at radius 1 is 1.44 bits per heavy atom. The molecule has 1 rings (SSSR count). The number of nitrogens with two attached hydrogens (primary N) is 1. The maximum absolute atomic E-state index is 11.1. The first-order valence-electron chi connectivity index (χ1n) is 4.69. The number of nitrogens with zero attached hydrogens (tertiary/aromatic N) is 1. The van der Waals surface area contributed by atoms with Crippen molar-refractivity contribution in [3.05, 3.63) is 35.4 Å². The number of primary amides is 1. The summed E-state index contributed by atoms with van der Waals surface area (Å²) in [7, 11) is 0. The van der Waals surface area contributed by atoms with Crippen molar-refractivity contribution in [3.8, 4) is 6.07 Å². The number of hydrogen-bond acceptors (Lipinski definition) is 4. The van der Waals surface area contributed by atoms with Gasteiger partial charge >= 0.3 is 0 Å². The van der Waals surface area contributed by atoms with Crippen LogP contribution >= 0.6 is 0 Å². The molecule has 1 amide bonds. The fraction of sp³-hybridized carbons (Fsp3) is 0.273. The number of nitriles is 1. The summed E-state index contributed by atoms with van der Waals surface area (Å²) in [5.41, 5.74) is 5.51. The van der Waals surface area contributed by atoms with Crippen molar-refractivity contribution in [2.45, 2.75) is 18.6 Å². The molecule has 1 aromatic carbocycles. The first-order valence-corrected chi connectivity index (χ1v) is 4.69. The molecule has 0 spiro atoms. The highest BCUT2D eigenvalue weighted by molar-refractivity contribution is 5.94. The van der Waals surface area contributed by atoms with Crippen LogP contribution in [0.15, 0.2) is 24.3 Å². The molecule has 0 bridgehead atoms. The third kappa shape index (κ3) is 2.57. The van der Waals surface area contributed by atoms with E-state index in [1.807, 2.05) is 0 Å². The van der Waals surface area contributed by atoms with Crippen LogP contribution in [0.4, 0.5) is 0 Å². The predicted molar refractivity (Wildman–Crippen MR) is 56.2 cm³/mol. The van der Waals surface area contributed by atoms with Gasteiger partial charge in [-0.25, -0.2) is 0 Å². The van der Waals surface area contributed by atoms with Crippen molar-refractivity contribution >= 4 is 5.91 Å². The lowest BCUT2D eigenvalue weighted by molar-refractivity contribution is 0.0211. The molecule has 16 heavy (non-hydrogen) atoms. The smallest absolute Gasteiger partial charge is 0.249 e. The van der Waals surface area contributed by atoms with E-state index in [4.69, 9.17) is 11.0 Å². The monoisotopic (exact) mass is 220 g/mol. The Labute approximate surface area is 92.7 Å². The minimum Gasteiger partial charge on any atom is -0.389 e. The Balaban J connectivity index is 3.04. The quantitative estimate of drug-likeness (QED) is 0.668. The van der Waals surface area contributed by atoms with Crippen LogP contribution in [0.2, 0.25) is 0 Å². The third-order valence-electron chi connectivity index (χ3n) is 2.21. The number of amides is 1. The first-order chi connectivity index (χ1) is 7.57. The third-order valence-corrected chi connectivity index (χ3v) is 2.21. The second-order valence-electron chi connectivity index (χ2n) is 3.33. The Bertz CT molecular complexity index is 425. The molecule has 0 aromatic heterocycles. The Hall–Kier alpha value is -1.90. The van der Waals surface area contributed by atoms with E-state index in [1.165, 1.54) is 12.1 Å². The zero-order valence-electron chi connectivity index (χ0n) is 8.50. The van der Waals surface area contributed by atoms with Crippen molar-refractivity contribution in [3.63, 3.8) is 0 Å². The Morgan fingerprint density at radius 3 is 2.62 bits per heavy atom. The van der Waals surface area contributed by atoms with E-state index in [1.54, 1.807) is 18.2 Å². The van der Waals surface area contributed by atoms with Gasteiger partial charge in [0.15, 0.2) is 0 Å². The molecule has 4 N–H and O–H groups in total. The minimum absolute atomic E-state index is 0.145. The van der Waals surface area contributed by atoms with Gasteiger partial charge in [-0.15, -0.1) is 0 Å². The van der Waals surface area contributed by atoms with E-state index in [9.17, 15) is 15.0 Å². The number of hydrogen-bond donors (Lipinski definition) is 3. The van der Waals surface area contributed by atoms with Gasteiger partial charge in [-0.05, 0) is 11.6 Å². The summed E-state index contributed by atoms with van der Waals surface area (Å²) in [5.74, 6) is -0.682. The fourth-order valence-electron chi connectivity index (χ4n) is 1.39. The van der Waals surface area contributed by atoms with E-state index in [0.29, 0.717) is 0 Å². The number of aliphatic hydroxyl groups excluding tert-OH is 2. The van der Waals surface area contributed by atoms with Gasteiger partial charge in [0.05, 0.1) is 18.6 Å². The van der Waals surface area contributed by atoms with Crippen molar-refractivity contribution in [1.82, 2.24) is 0 Å². The second-order valence-corrected chi connectivity index (χ2v) is 3.33. The zero-order valence-corrected chi connectivity index (χ0v) is 8.50. The Morgan fingerprint density at radius 2 is 2.06 bits per heavy atom. The van der Waals surface area contributed by atoms with Crippen molar-refractivity contribution in [1.29, 1.82) is 5.26 Å². The molecule has 5 nitrogen and oxygen atoms in total. The van der Waals surface area contributed by atoms with Gasteiger partial charge < -0.3 is 15.9 Å². The molecule has 2 unspecified atom stereocenters. The summed E-state index contributed by atoms with van der Waals surface area (Å²) in [6.45, 7) is 0. The molecule has 0 saturated carbocycles. The van der Waals surface area contributed by atoms with E-state index < -0.39 is 18.1 Å². The van der Waals surface area contributed by atoms with Crippen LogP contribution in [0.3, 0.4) is 0 Å². The van der Waals surface area contributed by atoms with Crippen LogP contribution in [0, 0.1) is 11.3 Å². The average Bonchev–Trinajstić information content (AvgIpc) is 2.28. The van der Waals surface area contributed by atoms with Gasteiger partial charge in [0.1, 0.15) is 6.10 Å². The molecular weight excluding hydrogens is 208 g/mol. The van der Waals surface area contributed by atoms with Crippen molar-refractivity contribution in [2.75, 3.05) is 0 Å². The molecule has 5 heteroatoms. The molecule has 84 valence electrons. The lowest BCUT2D eigenvalue weighted by Crippen LogP contribution is -2.22. The van der Waals surface area contributed by atoms with E-state index in [2.05, 4.69) is 0 Å². The summed E-state index contributed by atoms with van der Waals surface area (Å²) in [4.78, 5) is 11.1. The Kier molecular flexibility index (Phi) is 4.00. The maximum atomic E-state index is 11.1. The van der Waals surface area contributed by atoms with E-state index in [-0.39, 0.29) is 17.5 Å². The highest BCUT2D eigenvalue weighted by Gasteiger charge is 2.22. The number of carbonyl (C=O) groups excluding carboxylic acids is 1. The highest BCUT2D eigenvalue weighted by Crippen LogP contribution is 2.22. The topological polar surface area (TPSA) is 107 Å². The lowest BCUT2D eigenvalue weighted by Gasteiger charge is -2.17. The van der Waals surface area contributed by atoms with Crippen LogP contribution in [-0.4, -0.2) is 22.2 Å². The largest absolute Gasteiger partial charge is 0.389 e. The molecular formula is C11H12N2O3. The lowest BCUT2D eigenvalue weighted by atomic mass is 9.97. The molecule has 0 aliphatic heterocycles. The second kappa shape index (κ2) is 5.26. The van der Waals surface area contributed by atoms with Gasteiger partial charge in [-0.2, -0.15) is 5.26 Å². The van der Waals surface area contributed by atoms with Gasteiger partial charge in [-0.1, -0.05) is 18.2 Å². The maximum Gasteiger partial charge on any atom is 0.249 e. The number of rotatable bonds is 4. The molecule has 0 heterocycles. The average molecular weight is 220 g/mol. The van der Waals surface area contributed by atoms with Gasteiger partial charge in [-0.3, -0.25) is 4.79 Å². The van der Waals surface area contributed by atoms with Crippen molar-refractivity contribution in [2.24, 2.45) is 5.73 Å². The van der Waals surface area contributed by atoms with Crippen LogP contribution in [-0.2, 0) is 0 Å². The molecule has 0 aliphatic carbocycles. The summed E-state index contributed by atoms with van der Waals surface area (Å²) in [6, 6.07) is 7.91. The summed E-state index contributed by atoms with van der Waals surface area (Å²) < 4.78 is 0.